The molecule has 4 heteroatoms. The van der Waals surface area contributed by atoms with Crippen molar-refractivity contribution >= 4 is 5.69 Å². The van der Waals surface area contributed by atoms with E-state index in [4.69, 9.17) is 15.2 Å². The van der Waals surface area contributed by atoms with Crippen LogP contribution in [0.4, 0.5) is 5.69 Å². The first kappa shape index (κ1) is 12.3. The van der Waals surface area contributed by atoms with Crippen LogP contribution < -0.4 is 5.73 Å². The lowest BCUT2D eigenvalue weighted by molar-refractivity contribution is -0.0336. The largest absolute Gasteiger partial charge is 0.397 e. The summed E-state index contributed by atoms with van der Waals surface area (Å²) in [5.74, 6) is 0. The second-order valence-electron chi connectivity index (χ2n) is 4.44. The van der Waals surface area contributed by atoms with E-state index in [1.807, 2.05) is 6.07 Å². The van der Waals surface area contributed by atoms with Crippen LogP contribution in [0, 0.1) is 0 Å². The zero-order valence-electron chi connectivity index (χ0n) is 10.3. The van der Waals surface area contributed by atoms with Gasteiger partial charge in [0.05, 0.1) is 31.2 Å². The van der Waals surface area contributed by atoms with E-state index in [1.54, 1.807) is 6.20 Å². The van der Waals surface area contributed by atoms with Gasteiger partial charge in [0.2, 0.25) is 0 Å². The SMILES string of the molecule is CCCCOCC1Cc2ncc(N)cc2CO1. The highest BCUT2D eigenvalue weighted by molar-refractivity contribution is 5.40. The van der Waals surface area contributed by atoms with Crippen LogP contribution in [0.5, 0.6) is 0 Å². The van der Waals surface area contributed by atoms with Crippen LogP contribution in [0.25, 0.3) is 0 Å². The molecule has 0 aliphatic carbocycles. The summed E-state index contributed by atoms with van der Waals surface area (Å²) < 4.78 is 11.3. The van der Waals surface area contributed by atoms with Gasteiger partial charge < -0.3 is 15.2 Å². The first-order valence-electron chi connectivity index (χ1n) is 6.22. The molecule has 4 nitrogen and oxygen atoms in total. The van der Waals surface area contributed by atoms with Gasteiger partial charge in [-0.25, -0.2) is 0 Å². The molecular weight excluding hydrogens is 216 g/mol. The Balaban J connectivity index is 1.84. The standard InChI is InChI=1S/C13H20N2O2/c1-2-3-4-16-9-12-6-13-10(8-17-12)5-11(14)7-15-13/h5,7,12H,2-4,6,8-9,14H2,1H3. The quantitative estimate of drug-likeness (QED) is 0.793. The number of aromatic nitrogens is 1. The molecule has 0 amide bonds. The van der Waals surface area contributed by atoms with Crippen molar-refractivity contribution in [3.8, 4) is 0 Å². The number of nitrogens with zero attached hydrogens (tertiary/aromatic N) is 1. The fourth-order valence-electron chi connectivity index (χ4n) is 1.92. The van der Waals surface area contributed by atoms with Crippen LogP contribution in [0.2, 0.25) is 0 Å². The maximum atomic E-state index is 5.72. The normalized spacial score (nSPS) is 19.0. The molecule has 0 spiro atoms. The third kappa shape index (κ3) is 3.41. The Morgan fingerprint density at radius 2 is 2.47 bits per heavy atom. The molecule has 1 aliphatic heterocycles. The van der Waals surface area contributed by atoms with Gasteiger partial charge in [-0.2, -0.15) is 0 Å². The zero-order valence-corrected chi connectivity index (χ0v) is 10.3. The number of rotatable bonds is 5. The highest BCUT2D eigenvalue weighted by Crippen LogP contribution is 2.20. The van der Waals surface area contributed by atoms with Crippen molar-refractivity contribution in [2.24, 2.45) is 0 Å². The molecule has 0 radical (unpaired) electrons. The summed E-state index contributed by atoms with van der Waals surface area (Å²) in [7, 11) is 0. The van der Waals surface area contributed by atoms with Gasteiger partial charge in [-0.05, 0) is 12.5 Å². The van der Waals surface area contributed by atoms with E-state index in [2.05, 4.69) is 11.9 Å². The molecule has 0 fully saturated rings. The van der Waals surface area contributed by atoms with Gasteiger partial charge in [-0.3, -0.25) is 4.98 Å². The zero-order chi connectivity index (χ0) is 12.1. The van der Waals surface area contributed by atoms with Gasteiger partial charge in [-0.15, -0.1) is 0 Å². The Morgan fingerprint density at radius 3 is 3.29 bits per heavy atom. The van der Waals surface area contributed by atoms with E-state index in [9.17, 15) is 0 Å². The maximum absolute atomic E-state index is 5.72. The molecule has 2 N–H and O–H groups in total. The fourth-order valence-corrected chi connectivity index (χ4v) is 1.92. The molecule has 0 saturated carbocycles. The minimum absolute atomic E-state index is 0.135. The summed E-state index contributed by atoms with van der Waals surface area (Å²) in [6.45, 7) is 4.23. The molecule has 0 bridgehead atoms. The Bertz CT molecular complexity index is 368. The van der Waals surface area contributed by atoms with Crippen LogP contribution >= 0.6 is 0 Å². The molecule has 2 heterocycles. The van der Waals surface area contributed by atoms with Gasteiger partial charge in [0.1, 0.15) is 0 Å². The lowest BCUT2D eigenvalue weighted by atomic mass is 10.1. The van der Waals surface area contributed by atoms with Crippen molar-refractivity contribution in [2.75, 3.05) is 18.9 Å². The highest BCUT2D eigenvalue weighted by Gasteiger charge is 2.20. The average Bonchev–Trinajstić information content (AvgIpc) is 2.35. The smallest absolute Gasteiger partial charge is 0.0868 e. The predicted octanol–water partition coefficient (Wildman–Crippen LogP) is 1.92. The second-order valence-corrected chi connectivity index (χ2v) is 4.44. The molecule has 17 heavy (non-hydrogen) atoms. The van der Waals surface area contributed by atoms with E-state index in [0.717, 1.165) is 37.1 Å². The number of fused-ring (bicyclic) bond motifs is 1. The number of pyridine rings is 1. The molecule has 1 aromatic rings. The van der Waals surface area contributed by atoms with Crippen LogP contribution in [0.1, 0.15) is 31.0 Å². The van der Waals surface area contributed by atoms with Gasteiger partial charge in [0.15, 0.2) is 0 Å². The number of nitrogens with two attached hydrogens (primary N) is 1. The van der Waals surface area contributed by atoms with Gasteiger partial charge in [0, 0.05) is 24.3 Å². The van der Waals surface area contributed by atoms with Gasteiger partial charge >= 0.3 is 0 Å². The Labute approximate surface area is 102 Å². The van der Waals surface area contributed by atoms with Crippen molar-refractivity contribution in [3.05, 3.63) is 23.5 Å². The van der Waals surface area contributed by atoms with Crippen molar-refractivity contribution in [1.82, 2.24) is 4.98 Å². The summed E-state index contributed by atoms with van der Waals surface area (Å²) in [5.41, 5.74) is 8.58. The summed E-state index contributed by atoms with van der Waals surface area (Å²) >= 11 is 0. The van der Waals surface area contributed by atoms with E-state index < -0.39 is 0 Å². The summed E-state index contributed by atoms with van der Waals surface area (Å²) in [6, 6.07) is 1.94. The predicted molar refractivity (Wildman–Crippen MR) is 66.7 cm³/mol. The summed E-state index contributed by atoms with van der Waals surface area (Å²) in [5, 5.41) is 0. The molecule has 1 aliphatic rings. The number of ether oxygens (including phenoxy) is 2. The lowest BCUT2D eigenvalue weighted by Crippen LogP contribution is -2.28. The Hall–Kier alpha value is -1.13. The number of hydrogen-bond acceptors (Lipinski definition) is 4. The second kappa shape index (κ2) is 5.98. The van der Waals surface area contributed by atoms with E-state index in [-0.39, 0.29) is 6.10 Å². The minimum atomic E-state index is 0.135. The van der Waals surface area contributed by atoms with E-state index in [1.165, 1.54) is 0 Å². The Morgan fingerprint density at radius 1 is 1.59 bits per heavy atom. The topological polar surface area (TPSA) is 57.4 Å². The first-order chi connectivity index (χ1) is 8.29. The van der Waals surface area contributed by atoms with Crippen LogP contribution in [0.3, 0.4) is 0 Å². The van der Waals surface area contributed by atoms with Crippen molar-refractivity contribution < 1.29 is 9.47 Å². The van der Waals surface area contributed by atoms with Crippen molar-refractivity contribution in [1.29, 1.82) is 0 Å². The average molecular weight is 236 g/mol. The monoisotopic (exact) mass is 236 g/mol. The van der Waals surface area contributed by atoms with E-state index >= 15 is 0 Å². The molecule has 1 aromatic heterocycles. The molecule has 94 valence electrons. The molecule has 0 saturated heterocycles. The maximum Gasteiger partial charge on any atom is 0.0868 e. The van der Waals surface area contributed by atoms with E-state index in [0.29, 0.717) is 18.9 Å². The van der Waals surface area contributed by atoms with Crippen LogP contribution in [-0.4, -0.2) is 24.3 Å². The van der Waals surface area contributed by atoms with Gasteiger partial charge in [-0.1, -0.05) is 13.3 Å². The fraction of sp³-hybridized carbons (Fsp3) is 0.615. The molecular formula is C13H20N2O2. The molecule has 1 atom stereocenters. The van der Waals surface area contributed by atoms with Gasteiger partial charge in [0.25, 0.3) is 0 Å². The third-order valence-corrected chi connectivity index (χ3v) is 2.92. The lowest BCUT2D eigenvalue weighted by Gasteiger charge is -2.24. The number of nitrogen functional groups attached to an aromatic ring is 1. The molecule has 2 rings (SSSR count). The van der Waals surface area contributed by atoms with Crippen molar-refractivity contribution in [2.45, 2.75) is 38.9 Å². The highest BCUT2D eigenvalue weighted by atomic mass is 16.5. The molecule has 0 aromatic carbocycles. The summed E-state index contributed by atoms with van der Waals surface area (Å²) in [6.07, 6.45) is 4.93. The number of hydrogen-bond donors (Lipinski definition) is 1. The number of anilines is 1. The molecule has 1 unspecified atom stereocenters. The minimum Gasteiger partial charge on any atom is -0.397 e. The number of unbranched alkanes of at least 4 members (excludes halogenated alkanes) is 1. The summed E-state index contributed by atoms with van der Waals surface area (Å²) in [4.78, 5) is 4.35. The van der Waals surface area contributed by atoms with Crippen LogP contribution in [0.15, 0.2) is 12.3 Å². The third-order valence-electron chi connectivity index (χ3n) is 2.92. The Kier molecular flexibility index (Phi) is 4.34. The van der Waals surface area contributed by atoms with Crippen LogP contribution in [-0.2, 0) is 22.5 Å². The van der Waals surface area contributed by atoms with Crippen molar-refractivity contribution in [3.63, 3.8) is 0 Å². The first-order valence-corrected chi connectivity index (χ1v) is 6.22.